The van der Waals surface area contributed by atoms with Crippen molar-refractivity contribution in [3.8, 4) is 0 Å². The van der Waals surface area contributed by atoms with Crippen molar-refractivity contribution in [3.05, 3.63) is 64.3 Å². The van der Waals surface area contributed by atoms with Crippen LogP contribution in [0.25, 0.3) is 10.9 Å². The normalized spacial score (nSPS) is 13.9. The number of anilines is 2. The Bertz CT molecular complexity index is 1040. The zero-order valence-corrected chi connectivity index (χ0v) is 17.0. The SMILES string of the molecule is Cc1nc2ccccc2c(C)c1CC(=O)Nc1cc(Cl)ccc1N1CCCC1. The van der Waals surface area contributed by atoms with E-state index in [4.69, 9.17) is 11.6 Å². The van der Waals surface area contributed by atoms with Gasteiger partial charge in [0.15, 0.2) is 0 Å². The first-order chi connectivity index (χ1) is 13.5. The molecule has 1 fully saturated rings. The molecule has 2 heterocycles. The zero-order valence-electron chi connectivity index (χ0n) is 16.3. The lowest BCUT2D eigenvalue weighted by atomic mass is 9.99. The van der Waals surface area contributed by atoms with Gasteiger partial charge in [-0.3, -0.25) is 9.78 Å². The van der Waals surface area contributed by atoms with Crippen LogP contribution in [0.2, 0.25) is 5.02 Å². The molecule has 1 amide bonds. The molecule has 0 saturated carbocycles. The van der Waals surface area contributed by atoms with Gasteiger partial charge in [0.1, 0.15) is 0 Å². The van der Waals surface area contributed by atoms with Crippen molar-refractivity contribution in [1.29, 1.82) is 0 Å². The van der Waals surface area contributed by atoms with E-state index in [1.807, 2.05) is 43.3 Å². The topological polar surface area (TPSA) is 45.2 Å². The molecular weight excluding hydrogens is 370 g/mol. The van der Waals surface area contributed by atoms with Crippen LogP contribution in [0, 0.1) is 13.8 Å². The van der Waals surface area contributed by atoms with E-state index in [0.717, 1.165) is 52.2 Å². The fourth-order valence-corrected chi connectivity index (χ4v) is 4.20. The number of benzene rings is 2. The van der Waals surface area contributed by atoms with E-state index >= 15 is 0 Å². The molecule has 0 radical (unpaired) electrons. The molecule has 0 spiro atoms. The average molecular weight is 394 g/mol. The van der Waals surface area contributed by atoms with Gasteiger partial charge in [-0.1, -0.05) is 29.8 Å². The maximum absolute atomic E-state index is 12.9. The molecule has 1 saturated heterocycles. The van der Waals surface area contributed by atoms with Crippen LogP contribution >= 0.6 is 11.6 Å². The van der Waals surface area contributed by atoms with Crippen molar-refractivity contribution >= 4 is 39.8 Å². The first-order valence-electron chi connectivity index (χ1n) is 9.72. The predicted octanol–water partition coefficient (Wildman–Crippen LogP) is 5.29. The van der Waals surface area contributed by atoms with E-state index in [0.29, 0.717) is 11.4 Å². The van der Waals surface area contributed by atoms with Gasteiger partial charge < -0.3 is 10.2 Å². The molecule has 1 aliphatic rings. The Morgan fingerprint density at radius 1 is 1.14 bits per heavy atom. The number of fused-ring (bicyclic) bond motifs is 1. The van der Waals surface area contributed by atoms with Gasteiger partial charge in [-0.25, -0.2) is 0 Å². The molecule has 1 aliphatic heterocycles. The number of aryl methyl sites for hydroxylation is 2. The number of amides is 1. The highest BCUT2D eigenvalue weighted by atomic mass is 35.5. The van der Waals surface area contributed by atoms with Gasteiger partial charge in [-0.05, 0) is 62.1 Å². The maximum Gasteiger partial charge on any atom is 0.228 e. The van der Waals surface area contributed by atoms with E-state index in [1.165, 1.54) is 12.8 Å². The number of hydrogen-bond acceptors (Lipinski definition) is 3. The minimum absolute atomic E-state index is 0.0500. The summed E-state index contributed by atoms with van der Waals surface area (Å²) >= 11 is 6.20. The molecule has 1 aromatic heterocycles. The largest absolute Gasteiger partial charge is 0.370 e. The van der Waals surface area contributed by atoms with Gasteiger partial charge in [0, 0.05) is 29.2 Å². The fraction of sp³-hybridized carbons (Fsp3) is 0.304. The Morgan fingerprint density at radius 2 is 1.89 bits per heavy atom. The summed E-state index contributed by atoms with van der Waals surface area (Å²) in [5.41, 5.74) is 5.79. The van der Waals surface area contributed by atoms with E-state index in [-0.39, 0.29) is 5.91 Å². The molecule has 28 heavy (non-hydrogen) atoms. The van der Waals surface area contributed by atoms with Crippen LogP contribution in [0.15, 0.2) is 42.5 Å². The summed E-state index contributed by atoms with van der Waals surface area (Å²) in [5, 5.41) is 4.80. The number of hydrogen-bond donors (Lipinski definition) is 1. The van der Waals surface area contributed by atoms with Crippen molar-refractivity contribution in [1.82, 2.24) is 4.98 Å². The molecule has 0 unspecified atom stereocenters. The molecule has 4 nitrogen and oxygen atoms in total. The second kappa shape index (κ2) is 7.80. The highest BCUT2D eigenvalue weighted by molar-refractivity contribution is 6.31. The second-order valence-electron chi connectivity index (χ2n) is 7.40. The van der Waals surface area contributed by atoms with E-state index in [9.17, 15) is 4.79 Å². The molecule has 144 valence electrons. The van der Waals surface area contributed by atoms with Gasteiger partial charge >= 0.3 is 0 Å². The highest BCUT2D eigenvalue weighted by Gasteiger charge is 2.19. The Balaban J connectivity index is 1.60. The lowest BCUT2D eigenvalue weighted by Gasteiger charge is -2.22. The molecule has 5 heteroatoms. The number of pyridine rings is 1. The number of carbonyl (C=O) groups is 1. The van der Waals surface area contributed by atoms with E-state index in [1.54, 1.807) is 0 Å². The third-order valence-electron chi connectivity index (χ3n) is 5.50. The lowest BCUT2D eigenvalue weighted by Crippen LogP contribution is -2.22. The van der Waals surface area contributed by atoms with Crippen LogP contribution in [0.4, 0.5) is 11.4 Å². The first kappa shape index (κ1) is 18.8. The third-order valence-corrected chi connectivity index (χ3v) is 5.74. The summed E-state index contributed by atoms with van der Waals surface area (Å²) in [5.74, 6) is -0.0500. The Hall–Kier alpha value is -2.59. The Morgan fingerprint density at radius 3 is 2.68 bits per heavy atom. The van der Waals surface area contributed by atoms with Crippen molar-refractivity contribution < 1.29 is 4.79 Å². The van der Waals surface area contributed by atoms with Crippen molar-refractivity contribution in [2.24, 2.45) is 0 Å². The van der Waals surface area contributed by atoms with Crippen LogP contribution in [0.5, 0.6) is 0 Å². The van der Waals surface area contributed by atoms with Crippen LogP contribution in [-0.4, -0.2) is 24.0 Å². The molecule has 4 rings (SSSR count). The smallest absolute Gasteiger partial charge is 0.228 e. The zero-order chi connectivity index (χ0) is 19.7. The quantitative estimate of drug-likeness (QED) is 0.655. The summed E-state index contributed by atoms with van der Waals surface area (Å²) in [6, 6.07) is 13.8. The summed E-state index contributed by atoms with van der Waals surface area (Å²) in [6.45, 7) is 6.06. The minimum Gasteiger partial charge on any atom is -0.370 e. The van der Waals surface area contributed by atoms with E-state index in [2.05, 4.69) is 28.2 Å². The molecule has 1 N–H and O–H groups in total. The standard InChI is InChI=1S/C23H24ClN3O/c1-15-18-7-3-4-8-20(18)25-16(2)19(15)14-23(28)26-21-13-17(24)9-10-22(21)27-11-5-6-12-27/h3-4,7-10,13H,5-6,11-12,14H2,1-2H3,(H,26,28). The number of aromatic nitrogens is 1. The van der Waals surface area contributed by atoms with Crippen molar-refractivity contribution in [2.45, 2.75) is 33.1 Å². The summed E-state index contributed by atoms with van der Waals surface area (Å²) in [7, 11) is 0. The summed E-state index contributed by atoms with van der Waals surface area (Å²) in [4.78, 5) is 19.9. The number of nitrogens with zero attached hydrogens (tertiary/aromatic N) is 2. The lowest BCUT2D eigenvalue weighted by molar-refractivity contribution is -0.115. The number of nitrogens with one attached hydrogen (secondary N) is 1. The Labute approximate surface area is 170 Å². The molecule has 3 aromatic rings. The number of carbonyl (C=O) groups excluding carboxylic acids is 1. The number of rotatable bonds is 4. The molecular formula is C23H24ClN3O. The molecule has 2 aromatic carbocycles. The molecule has 0 bridgehead atoms. The predicted molar refractivity (Wildman–Crippen MR) is 116 cm³/mol. The van der Waals surface area contributed by atoms with Crippen LogP contribution in [-0.2, 0) is 11.2 Å². The van der Waals surface area contributed by atoms with Crippen molar-refractivity contribution in [2.75, 3.05) is 23.3 Å². The van der Waals surface area contributed by atoms with Crippen LogP contribution in [0.1, 0.15) is 29.7 Å². The third kappa shape index (κ3) is 3.69. The van der Waals surface area contributed by atoms with Gasteiger partial charge in [0.25, 0.3) is 0 Å². The highest BCUT2D eigenvalue weighted by Crippen LogP contribution is 2.32. The Kier molecular flexibility index (Phi) is 5.23. The maximum atomic E-state index is 12.9. The fourth-order valence-electron chi connectivity index (χ4n) is 4.03. The summed E-state index contributed by atoms with van der Waals surface area (Å²) in [6.07, 6.45) is 2.65. The minimum atomic E-state index is -0.0500. The van der Waals surface area contributed by atoms with Crippen LogP contribution in [0.3, 0.4) is 0 Å². The average Bonchev–Trinajstić information content (AvgIpc) is 3.20. The second-order valence-corrected chi connectivity index (χ2v) is 7.83. The van der Waals surface area contributed by atoms with Gasteiger partial charge in [-0.15, -0.1) is 0 Å². The molecule has 0 atom stereocenters. The van der Waals surface area contributed by atoms with Gasteiger partial charge in [0.2, 0.25) is 5.91 Å². The summed E-state index contributed by atoms with van der Waals surface area (Å²) < 4.78 is 0. The van der Waals surface area contributed by atoms with E-state index < -0.39 is 0 Å². The van der Waals surface area contributed by atoms with Crippen LogP contribution < -0.4 is 10.2 Å². The monoisotopic (exact) mass is 393 g/mol. The molecule has 0 aliphatic carbocycles. The van der Waals surface area contributed by atoms with Gasteiger partial charge in [0.05, 0.1) is 23.3 Å². The number of para-hydroxylation sites is 1. The van der Waals surface area contributed by atoms with Gasteiger partial charge in [-0.2, -0.15) is 0 Å². The van der Waals surface area contributed by atoms with Crippen molar-refractivity contribution in [3.63, 3.8) is 0 Å². The number of halogens is 1. The first-order valence-corrected chi connectivity index (χ1v) is 10.1.